The lowest BCUT2D eigenvalue weighted by Gasteiger charge is -2.27. The Morgan fingerprint density at radius 3 is 1.82 bits per heavy atom. The van der Waals surface area contributed by atoms with Crippen LogP contribution in [0.3, 0.4) is 0 Å². The van der Waals surface area contributed by atoms with Gasteiger partial charge in [0.2, 0.25) is 0 Å². The summed E-state index contributed by atoms with van der Waals surface area (Å²) < 4.78 is 0. The molecular weight excluding hydrogens is 156 g/mol. The van der Waals surface area contributed by atoms with Crippen molar-refractivity contribution in [1.82, 2.24) is 0 Å². The minimum Gasteiger partial charge on any atom is -0.123 e. The van der Waals surface area contributed by atoms with Crippen LogP contribution in [-0.2, 0) is 0 Å². The molecule has 0 saturated heterocycles. The van der Waals surface area contributed by atoms with E-state index in [9.17, 15) is 0 Å². The number of alkyl halides is 1. The molecule has 0 aromatic carbocycles. The molecule has 0 saturated carbocycles. The lowest BCUT2D eigenvalue weighted by atomic mass is 9.80. The molecule has 0 aromatic heterocycles. The van der Waals surface area contributed by atoms with Crippen LogP contribution in [0.1, 0.15) is 47.5 Å². The molecule has 1 atom stereocenters. The summed E-state index contributed by atoms with van der Waals surface area (Å²) >= 11 is 5.95. The molecule has 0 aliphatic heterocycles. The lowest BCUT2D eigenvalue weighted by Crippen LogP contribution is -2.18. The second-order valence-corrected chi connectivity index (χ2v) is 5.49. The first-order chi connectivity index (χ1) is 4.83. The Morgan fingerprint density at radius 1 is 1.09 bits per heavy atom. The molecule has 68 valence electrons. The molecule has 0 bridgehead atoms. The van der Waals surface area contributed by atoms with Crippen LogP contribution in [0.25, 0.3) is 0 Å². The van der Waals surface area contributed by atoms with Crippen LogP contribution in [0, 0.1) is 11.3 Å². The maximum atomic E-state index is 5.95. The van der Waals surface area contributed by atoms with Crippen molar-refractivity contribution in [3.63, 3.8) is 0 Å². The Morgan fingerprint density at radius 2 is 1.55 bits per heavy atom. The van der Waals surface area contributed by atoms with Gasteiger partial charge in [0.05, 0.1) is 0 Å². The molecule has 11 heavy (non-hydrogen) atoms. The molecule has 0 amide bonds. The van der Waals surface area contributed by atoms with Crippen LogP contribution in [0.2, 0.25) is 0 Å². The first-order valence-corrected chi connectivity index (χ1v) is 4.91. The van der Waals surface area contributed by atoms with Gasteiger partial charge in [-0.25, -0.2) is 0 Å². The van der Waals surface area contributed by atoms with Gasteiger partial charge >= 0.3 is 0 Å². The molecule has 0 heterocycles. The molecular formula is C10H21Cl. The van der Waals surface area contributed by atoms with Gasteiger partial charge < -0.3 is 0 Å². The lowest BCUT2D eigenvalue weighted by molar-refractivity contribution is 0.265. The molecule has 1 heteroatoms. The molecule has 0 aliphatic rings. The fourth-order valence-corrected chi connectivity index (χ4v) is 2.37. The third-order valence-electron chi connectivity index (χ3n) is 1.79. The van der Waals surface area contributed by atoms with Gasteiger partial charge in [-0.15, -0.1) is 11.6 Å². The fraction of sp³-hybridized carbons (Fsp3) is 1.00. The molecule has 0 aromatic rings. The molecule has 0 nitrogen and oxygen atoms in total. The number of halogens is 1. The van der Waals surface area contributed by atoms with Gasteiger partial charge in [-0.05, 0) is 31.1 Å². The second-order valence-electron chi connectivity index (χ2n) is 4.75. The molecule has 0 rings (SSSR count). The minimum atomic E-state index is 0.309. The van der Waals surface area contributed by atoms with E-state index in [0.29, 0.717) is 10.8 Å². The first-order valence-electron chi connectivity index (χ1n) is 4.47. The smallest absolute Gasteiger partial charge is 0.0312 e. The van der Waals surface area contributed by atoms with E-state index in [-0.39, 0.29) is 0 Å². The molecule has 0 aliphatic carbocycles. The third-order valence-corrected chi connectivity index (χ3v) is 1.95. The zero-order valence-corrected chi connectivity index (χ0v) is 9.20. The van der Waals surface area contributed by atoms with Gasteiger partial charge in [-0.1, -0.05) is 27.7 Å². The number of hydrogen-bond acceptors (Lipinski definition) is 0. The van der Waals surface area contributed by atoms with Crippen molar-refractivity contribution in [3.8, 4) is 0 Å². The maximum absolute atomic E-state index is 5.95. The average Bonchev–Trinajstić information content (AvgIpc) is 1.53. The highest BCUT2D eigenvalue weighted by Crippen LogP contribution is 2.31. The number of hydrogen-bond donors (Lipinski definition) is 0. The predicted octanol–water partition coefficient (Wildman–Crippen LogP) is 4.08. The Kier molecular flexibility index (Phi) is 4.46. The first kappa shape index (κ1) is 11.3. The zero-order chi connectivity index (χ0) is 9.07. The maximum Gasteiger partial charge on any atom is 0.0312 e. The van der Waals surface area contributed by atoms with E-state index in [1.165, 1.54) is 6.42 Å². The van der Waals surface area contributed by atoms with Crippen LogP contribution < -0.4 is 0 Å². The standard InChI is InChI=1S/C10H21Cl/c1-8(2)6-10(4,5)7-9(3)11/h8-9H,6-7H2,1-5H3. The van der Waals surface area contributed by atoms with E-state index in [1.54, 1.807) is 0 Å². The van der Waals surface area contributed by atoms with Gasteiger partial charge in [0.25, 0.3) is 0 Å². The zero-order valence-electron chi connectivity index (χ0n) is 8.45. The Bertz CT molecular complexity index is 91.4. The van der Waals surface area contributed by atoms with E-state index < -0.39 is 0 Å². The summed E-state index contributed by atoms with van der Waals surface area (Å²) in [6.45, 7) is 11.2. The Balaban J connectivity index is 3.79. The summed E-state index contributed by atoms with van der Waals surface area (Å²) in [5, 5.41) is 0.309. The minimum absolute atomic E-state index is 0.309. The second kappa shape index (κ2) is 4.35. The average molecular weight is 177 g/mol. The van der Waals surface area contributed by atoms with Crippen molar-refractivity contribution in [2.24, 2.45) is 11.3 Å². The van der Waals surface area contributed by atoms with Crippen molar-refractivity contribution < 1.29 is 0 Å². The van der Waals surface area contributed by atoms with Crippen LogP contribution in [0.5, 0.6) is 0 Å². The van der Waals surface area contributed by atoms with Gasteiger partial charge in [0.1, 0.15) is 0 Å². The van der Waals surface area contributed by atoms with Crippen LogP contribution in [-0.4, -0.2) is 5.38 Å². The fourth-order valence-electron chi connectivity index (χ4n) is 1.95. The van der Waals surface area contributed by atoms with Crippen LogP contribution in [0.4, 0.5) is 0 Å². The highest BCUT2D eigenvalue weighted by Gasteiger charge is 2.20. The van der Waals surface area contributed by atoms with Gasteiger partial charge in [-0.2, -0.15) is 0 Å². The summed E-state index contributed by atoms with van der Waals surface area (Å²) in [5.41, 5.74) is 0.412. The van der Waals surface area contributed by atoms with E-state index in [4.69, 9.17) is 11.6 Å². The summed E-state index contributed by atoms with van der Waals surface area (Å²) in [6.07, 6.45) is 2.39. The highest BCUT2D eigenvalue weighted by atomic mass is 35.5. The monoisotopic (exact) mass is 176 g/mol. The van der Waals surface area contributed by atoms with E-state index in [0.717, 1.165) is 12.3 Å². The topological polar surface area (TPSA) is 0 Å². The van der Waals surface area contributed by atoms with Crippen molar-refractivity contribution in [1.29, 1.82) is 0 Å². The van der Waals surface area contributed by atoms with Crippen LogP contribution >= 0.6 is 11.6 Å². The van der Waals surface area contributed by atoms with Crippen molar-refractivity contribution in [2.45, 2.75) is 52.8 Å². The summed E-state index contributed by atoms with van der Waals surface area (Å²) in [5.74, 6) is 0.778. The van der Waals surface area contributed by atoms with Gasteiger partial charge in [0.15, 0.2) is 0 Å². The van der Waals surface area contributed by atoms with Crippen molar-refractivity contribution in [2.75, 3.05) is 0 Å². The van der Waals surface area contributed by atoms with Gasteiger partial charge in [0, 0.05) is 5.38 Å². The molecule has 0 N–H and O–H groups in total. The SMILES string of the molecule is CC(C)CC(C)(C)CC(C)Cl. The third kappa shape index (κ3) is 6.68. The van der Waals surface area contributed by atoms with Crippen molar-refractivity contribution in [3.05, 3.63) is 0 Å². The normalized spacial score (nSPS) is 15.5. The summed E-state index contributed by atoms with van der Waals surface area (Å²) in [4.78, 5) is 0. The van der Waals surface area contributed by atoms with E-state index in [1.807, 2.05) is 0 Å². The molecule has 0 radical (unpaired) electrons. The van der Waals surface area contributed by atoms with E-state index >= 15 is 0 Å². The predicted molar refractivity (Wildman–Crippen MR) is 53.2 cm³/mol. The molecule has 0 fully saturated rings. The largest absolute Gasteiger partial charge is 0.123 e. The van der Waals surface area contributed by atoms with Crippen LogP contribution in [0.15, 0.2) is 0 Å². The van der Waals surface area contributed by atoms with E-state index in [2.05, 4.69) is 34.6 Å². The summed E-state index contributed by atoms with van der Waals surface area (Å²) in [6, 6.07) is 0. The van der Waals surface area contributed by atoms with Crippen molar-refractivity contribution >= 4 is 11.6 Å². The molecule has 1 unspecified atom stereocenters. The van der Waals surface area contributed by atoms with Gasteiger partial charge in [-0.3, -0.25) is 0 Å². The highest BCUT2D eigenvalue weighted by molar-refractivity contribution is 6.20. The molecule has 0 spiro atoms. The quantitative estimate of drug-likeness (QED) is 0.567. The Hall–Kier alpha value is 0.290. The Labute approximate surface area is 76.3 Å². The summed E-state index contributed by atoms with van der Waals surface area (Å²) in [7, 11) is 0. The number of rotatable bonds is 4.